The fourth-order valence-corrected chi connectivity index (χ4v) is 6.67. The van der Waals surface area contributed by atoms with Gasteiger partial charge in [-0.05, 0) is 50.2 Å². The summed E-state index contributed by atoms with van der Waals surface area (Å²) in [5.74, 6) is 1.59. The van der Waals surface area contributed by atoms with E-state index >= 15 is 0 Å². The lowest BCUT2D eigenvalue weighted by atomic mass is 9.89. The summed E-state index contributed by atoms with van der Waals surface area (Å²) in [7, 11) is 0. The van der Waals surface area contributed by atoms with E-state index < -0.39 is 0 Å². The van der Waals surface area contributed by atoms with Crippen molar-refractivity contribution >= 4 is 45.3 Å². The number of nitriles is 1. The summed E-state index contributed by atoms with van der Waals surface area (Å²) in [6.45, 7) is 7.23. The molecule has 1 amide bonds. The second kappa shape index (κ2) is 9.55. The van der Waals surface area contributed by atoms with Gasteiger partial charge in [0.1, 0.15) is 11.1 Å². The zero-order valence-corrected chi connectivity index (χ0v) is 20.3. The van der Waals surface area contributed by atoms with Crippen LogP contribution in [0.3, 0.4) is 0 Å². The van der Waals surface area contributed by atoms with Crippen molar-refractivity contribution in [1.29, 1.82) is 5.26 Å². The lowest BCUT2D eigenvalue weighted by Crippen LogP contribution is -2.15. The van der Waals surface area contributed by atoms with Crippen LogP contribution in [0.2, 0.25) is 0 Å². The number of anilines is 1. The molecule has 4 rings (SSSR count). The Kier molecular flexibility index (Phi) is 6.80. The lowest BCUT2D eigenvalue weighted by molar-refractivity contribution is -0.113. The van der Waals surface area contributed by atoms with Gasteiger partial charge in [-0.25, -0.2) is 0 Å². The summed E-state index contributed by atoms with van der Waals surface area (Å²) < 4.78 is 2.09. The standard InChI is InChI=1S/C22H25N5OS3/c1-4-7-27-20(15-9-14(3)29-11-15)25-26-22(27)30-12-19(28)24-21-17(10-23)16-6-5-13(2)8-18(16)31-21/h9,11,13H,4-8,12H2,1-3H3,(H,24,28). The number of carbonyl (C=O) groups is 1. The Morgan fingerprint density at radius 1 is 1.45 bits per heavy atom. The van der Waals surface area contributed by atoms with E-state index in [0.29, 0.717) is 16.5 Å². The highest BCUT2D eigenvalue weighted by molar-refractivity contribution is 7.99. The molecular weight excluding hydrogens is 446 g/mol. The van der Waals surface area contributed by atoms with Crippen LogP contribution in [-0.2, 0) is 24.2 Å². The molecule has 162 valence electrons. The smallest absolute Gasteiger partial charge is 0.235 e. The molecule has 31 heavy (non-hydrogen) atoms. The number of hydrogen-bond acceptors (Lipinski definition) is 7. The van der Waals surface area contributed by atoms with E-state index in [9.17, 15) is 10.1 Å². The first-order valence-electron chi connectivity index (χ1n) is 10.5. The first-order valence-corrected chi connectivity index (χ1v) is 13.1. The van der Waals surface area contributed by atoms with E-state index in [1.54, 1.807) is 22.7 Å². The maximum Gasteiger partial charge on any atom is 0.235 e. The number of aryl methyl sites for hydroxylation is 1. The van der Waals surface area contributed by atoms with Gasteiger partial charge in [0.25, 0.3) is 0 Å². The Balaban J connectivity index is 1.46. The summed E-state index contributed by atoms with van der Waals surface area (Å²) >= 11 is 4.64. The minimum Gasteiger partial charge on any atom is -0.316 e. The van der Waals surface area contributed by atoms with Gasteiger partial charge in [0.05, 0.1) is 11.3 Å². The van der Waals surface area contributed by atoms with Crippen molar-refractivity contribution in [3.8, 4) is 17.5 Å². The minimum atomic E-state index is -0.118. The predicted octanol–water partition coefficient (Wildman–Crippen LogP) is 5.51. The minimum absolute atomic E-state index is 0.118. The number of thiophene rings is 2. The molecule has 3 aromatic heterocycles. The number of nitrogens with one attached hydrogen (secondary N) is 1. The van der Waals surface area contributed by atoms with Crippen molar-refractivity contribution in [2.45, 2.75) is 58.2 Å². The number of carbonyl (C=O) groups excluding carboxylic acids is 1. The van der Waals surface area contributed by atoms with Gasteiger partial charge in [-0.2, -0.15) is 5.26 Å². The topological polar surface area (TPSA) is 83.6 Å². The number of nitrogens with zero attached hydrogens (tertiary/aromatic N) is 4. The molecule has 3 heterocycles. The highest BCUT2D eigenvalue weighted by Crippen LogP contribution is 2.39. The third-order valence-electron chi connectivity index (χ3n) is 5.36. The molecule has 9 heteroatoms. The van der Waals surface area contributed by atoms with Gasteiger partial charge in [0.2, 0.25) is 5.91 Å². The van der Waals surface area contributed by atoms with Crippen molar-refractivity contribution in [2.24, 2.45) is 5.92 Å². The highest BCUT2D eigenvalue weighted by Gasteiger charge is 2.25. The summed E-state index contributed by atoms with van der Waals surface area (Å²) in [6.07, 6.45) is 3.97. The van der Waals surface area contributed by atoms with Crippen LogP contribution in [0.25, 0.3) is 11.4 Å². The molecule has 1 aliphatic rings. The summed E-state index contributed by atoms with van der Waals surface area (Å²) in [4.78, 5) is 15.2. The Morgan fingerprint density at radius 2 is 2.29 bits per heavy atom. The van der Waals surface area contributed by atoms with E-state index in [1.165, 1.54) is 21.5 Å². The second-order valence-corrected chi connectivity index (χ2v) is 11.1. The molecule has 1 unspecified atom stereocenters. The van der Waals surface area contributed by atoms with Crippen LogP contribution in [-0.4, -0.2) is 26.4 Å². The fraction of sp³-hybridized carbons (Fsp3) is 0.455. The quantitative estimate of drug-likeness (QED) is 0.459. The third kappa shape index (κ3) is 4.71. The van der Waals surface area contributed by atoms with E-state index in [2.05, 4.69) is 58.4 Å². The lowest BCUT2D eigenvalue weighted by Gasteiger charge is -2.17. The highest BCUT2D eigenvalue weighted by atomic mass is 32.2. The van der Waals surface area contributed by atoms with Crippen molar-refractivity contribution in [2.75, 3.05) is 11.1 Å². The molecule has 0 spiro atoms. The molecule has 1 atom stereocenters. The van der Waals surface area contributed by atoms with Crippen LogP contribution in [0.4, 0.5) is 5.00 Å². The van der Waals surface area contributed by atoms with E-state index in [4.69, 9.17) is 0 Å². The Labute approximate surface area is 194 Å². The molecule has 0 radical (unpaired) electrons. The third-order valence-corrected chi connectivity index (χ3v) is 8.36. The average molecular weight is 472 g/mol. The van der Waals surface area contributed by atoms with Crippen LogP contribution < -0.4 is 5.32 Å². The molecule has 3 aromatic rings. The van der Waals surface area contributed by atoms with Crippen LogP contribution in [0.1, 0.15) is 47.6 Å². The van der Waals surface area contributed by atoms with E-state index in [-0.39, 0.29) is 11.7 Å². The van der Waals surface area contributed by atoms with Gasteiger partial charge in [-0.3, -0.25) is 4.79 Å². The molecule has 1 aliphatic carbocycles. The summed E-state index contributed by atoms with van der Waals surface area (Å²) in [5.41, 5.74) is 2.85. The predicted molar refractivity (Wildman–Crippen MR) is 128 cm³/mol. The number of aromatic nitrogens is 3. The van der Waals surface area contributed by atoms with Gasteiger partial charge in [-0.1, -0.05) is 25.6 Å². The number of hydrogen-bond donors (Lipinski definition) is 1. The average Bonchev–Trinajstić information content (AvgIpc) is 3.43. The van der Waals surface area contributed by atoms with Gasteiger partial charge >= 0.3 is 0 Å². The van der Waals surface area contributed by atoms with Crippen molar-refractivity contribution in [1.82, 2.24) is 14.8 Å². The summed E-state index contributed by atoms with van der Waals surface area (Å²) in [6, 6.07) is 4.43. The largest absolute Gasteiger partial charge is 0.316 e. The first-order chi connectivity index (χ1) is 15.0. The Morgan fingerprint density at radius 3 is 3.00 bits per heavy atom. The maximum absolute atomic E-state index is 12.7. The Bertz CT molecular complexity index is 1140. The molecule has 0 aromatic carbocycles. The van der Waals surface area contributed by atoms with Crippen molar-refractivity contribution in [3.63, 3.8) is 0 Å². The molecule has 0 aliphatic heterocycles. The number of fused-ring (bicyclic) bond motifs is 1. The molecule has 0 bridgehead atoms. The van der Waals surface area contributed by atoms with Gasteiger partial charge < -0.3 is 9.88 Å². The monoisotopic (exact) mass is 471 g/mol. The molecule has 1 N–H and O–H groups in total. The van der Waals surface area contributed by atoms with Gasteiger partial charge in [-0.15, -0.1) is 32.9 Å². The summed E-state index contributed by atoms with van der Waals surface area (Å²) in [5, 5.41) is 24.9. The zero-order valence-electron chi connectivity index (χ0n) is 17.9. The van der Waals surface area contributed by atoms with Crippen molar-refractivity contribution < 1.29 is 4.79 Å². The first kappa shape index (κ1) is 22.1. The molecular formula is C22H25N5OS3. The normalized spacial score (nSPS) is 15.5. The van der Waals surface area contributed by atoms with Crippen LogP contribution in [0, 0.1) is 24.2 Å². The molecule has 0 fully saturated rings. The molecule has 6 nitrogen and oxygen atoms in total. The van der Waals surface area contributed by atoms with Crippen LogP contribution in [0.5, 0.6) is 0 Å². The maximum atomic E-state index is 12.7. The fourth-order valence-electron chi connectivity index (χ4n) is 3.84. The van der Waals surface area contributed by atoms with Gasteiger partial charge in [0, 0.05) is 27.2 Å². The van der Waals surface area contributed by atoms with Crippen LogP contribution >= 0.6 is 34.4 Å². The van der Waals surface area contributed by atoms with E-state index in [1.807, 2.05) is 0 Å². The molecule has 0 saturated heterocycles. The second-order valence-electron chi connectivity index (χ2n) is 7.91. The zero-order chi connectivity index (χ0) is 22.0. The molecule has 0 saturated carbocycles. The number of amides is 1. The Hall–Kier alpha value is -2.15. The van der Waals surface area contributed by atoms with Crippen molar-refractivity contribution in [3.05, 3.63) is 32.3 Å². The van der Waals surface area contributed by atoms with Gasteiger partial charge in [0.15, 0.2) is 11.0 Å². The number of rotatable bonds is 7. The number of thioether (sulfide) groups is 1. The van der Waals surface area contributed by atoms with Crippen LogP contribution in [0.15, 0.2) is 16.6 Å². The van der Waals surface area contributed by atoms with E-state index in [0.717, 1.165) is 54.3 Å². The SMILES string of the molecule is CCCn1c(SCC(=O)Nc2sc3c(c2C#N)CCC(C)C3)nnc1-c1csc(C)c1.